The van der Waals surface area contributed by atoms with E-state index in [2.05, 4.69) is 13.8 Å². The summed E-state index contributed by atoms with van der Waals surface area (Å²) in [6, 6.07) is 0.0799. The molecule has 0 aliphatic carbocycles. The Bertz CT molecular complexity index is 138. The van der Waals surface area contributed by atoms with Gasteiger partial charge in [-0.1, -0.05) is 13.8 Å². The van der Waals surface area contributed by atoms with Crippen molar-refractivity contribution < 1.29 is 9.84 Å². The summed E-state index contributed by atoms with van der Waals surface area (Å²) < 4.78 is 5.09. The third kappa shape index (κ3) is 1.79. The number of nitrogens with two attached hydrogens (primary N) is 1. The number of rotatable bonds is 4. The molecule has 1 aliphatic rings. The lowest BCUT2D eigenvalue weighted by Gasteiger charge is -2.44. The van der Waals surface area contributed by atoms with E-state index in [1.165, 1.54) is 0 Å². The van der Waals surface area contributed by atoms with E-state index < -0.39 is 0 Å². The van der Waals surface area contributed by atoms with Crippen LogP contribution < -0.4 is 5.73 Å². The third-order valence-electron chi connectivity index (χ3n) is 2.61. The van der Waals surface area contributed by atoms with Crippen molar-refractivity contribution in [2.75, 3.05) is 19.8 Å². The molecule has 0 spiro atoms. The van der Waals surface area contributed by atoms with Crippen molar-refractivity contribution in [1.29, 1.82) is 0 Å². The minimum absolute atomic E-state index is 0.0799. The molecule has 1 aliphatic heterocycles. The number of aliphatic hydroxyl groups excluding tert-OH is 1. The Kier molecular flexibility index (Phi) is 3.09. The van der Waals surface area contributed by atoms with Crippen LogP contribution in [0.5, 0.6) is 0 Å². The van der Waals surface area contributed by atoms with Crippen molar-refractivity contribution in [3.05, 3.63) is 0 Å². The molecule has 3 N–H and O–H groups in total. The lowest BCUT2D eigenvalue weighted by atomic mass is 9.76. The first-order chi connectivity index (χ1) is 5.60. The molecule has 1 atom stereocenters. The molecule has 3 heteroatoms. The maximum atomic E-state index is 9.16. The Morgan fingerprint density at radius 3 is 2.33 bits per heavy atom. The Morgan fingerprint density at radius 1 is 1.50 bits per heavy atom. The highest BCUT2D eigenvalue weighted by molar-refractivity contribution is 4.94. The predicted octanol–water partition coefficient (Wildman–Crippen LogP) is 0.369. The predicted molar refractivity (Wildman–Crippen MR) is 47.8 cm³/mol. The van der Waals surface area contributed by atoms with E-state index in [-0.39, 0.29) is 18.1 Å². The van der Waals surface area contributed by atoms with Gasteiger partial charge in [0.05, 0.1) is 25.2 Å². The zero-order valence-electron chi connectivity index (χ0n) is 7.92. The Balaban J connectivity index is 2.43. The average Bonchev–Trinajstić information content (AvgIpc) is 1.83. The fraction of sp³-hybridized carbons (Fsp3) is 1.00. The first kappa shape index (κ1) is 9.96. The summed E-state index contributed by atoms with van der Waals surface area (Å²) >= 11 is 0. The minimum Gasteiger partial charge on any atom is -0.396 e. The first-order valence-corrected chi connectivity index (χ1v) is 4.55. The normalized spacial score (nSPS) is 23.8. The lowest BCUT2D eigenvalue weighted by molar-refractivity contribution is -0.151. The van der Waals surface area contributed by atoms with Gasteiger partial charge in [0.1, 0.15) is 0 Å². The van der Waals surface area contributed by atoms with Crippen LogP contribution >= 0.6 is 0 Å². The highest BCUT2D eigenvalue weighted by Gasteiger charge is 2.43. The van der Waals surface area contributed by atoms with Crippen molar-refractivity contribution in [3.63, 3.8) is 0 Å². The van der Waals surface area contributed by atoms with Crippen LogP contribution in [0.15, 0.2) is 0 Å². The van der Waals surface area contributed by atoms with Crippen LogP contribution in [0.4, 0.5) is 0 Å². The molecule has 0 bridgehead atoms. The van der Waals surface area contributed by atoms with E-state index in [9.17, 15) is 0 Å². The molecule has 1 heterocycles. The van der Waals surface area contributed by atoms with E-state index in [1.54, 1.807) is 0 Å². The fourth-order valence-electron chi connectivity index (χ4n) is 1.54. The molecule has 1 fully saturated rings. The second kappa shape index (κ2) is 3.73. The second-order valence-electron chi connectivity index (χ2n) is 4.25. The Hall–Kier alpha value is -0.120. The van der Waals surface area contributed by atoms with Crippen LogP contribution in [0.25, 0.3) is 0 Å². The zero-order valence-corrected chi connectivity index (χ0v) is 7.92. The molecule has 0 aromatic heterocycles. The van der Waals surface area contributed by atoms with Gasteiger partial charge in [-0.05, 0) is 12.3 Å². The van der Waals surface area contributed by atoms with Crippen LogP contribution in [-0.4, -0.2) is 31.0 Å². The molecule has 0 radical (unpaired) electrons. The highest BCUT2D eigenvalue weighted by atomic mass is 16.5. The quantitative estimate of drug-likeness (QED) is 0.645. The van der Waals surface area contributed by atoms with Crippen molar-refractivity contribution in [2.24, 2.45) is 17.1 Å². The topological polar surface area (TPSA) is 55.5 Å². The SMILES string of the molecule is CC(C)CC(N)C1(CO)COC1. The van der Waals surface area contributed by atoms with E-state index >= 15 is 0 Å². The van der Waals surface area contributed by atoms with Gasteiger partial charge in [-0.2, -0.15) is 0 Å². The summed E-state index contributed by atoms with van der Waals surface area (Å²) in [6.07, 6.45) is 0.962. The number of hydrogen-bond acceptors (Lipinski definition) is 3. The maximum absolute atomic E-state index is 9.16. The summed E-state index contributed by atoms with van der Waals surface area (Å²) in [5.74, 6) is 0.587. The van der Waals surface area contributed by atoms with Gasteiger partial charge >= 0.3 is 0 Å². The van der Waals surface area contributed by atoms with Gasteiger partial charge in [0.25, 0.3) is 0 Å². The molecule has 72 valence electrons. The van der Waals surface area contributed by atoms with Crippen LogP contribution in [0.3, 0.4) is 0 Å². The summed E-state index contributed by atoms with van der Waals surface area (Å²) in [5, 5.41) is 9.16. The van der Waals surface area contributed by atoms with Crippen molar-refractivity contribution >= 4 is 0 Å². The van der Waals surface area contributed by atoms with Crippen molar-refractivity contribution in [2.45, 2.75) is 26.3 Å². The molecule has 0 saturated carbocycles. The van der Waals surface area contributed by atoms with Gasteiger partial charge < -0.3 is 15.6 Å². The van der Waals surface area contributed by atoms with Crippen LogP contribution in [0, 0.1) is 11.3 Å². The number of ether oxygens (including phenoxy) is 1. The molecule has 0 aromatic carbocycles. The molecule has 1 saturated heterocycles. The first-order valence-electron chi connectivity index (χ1n) is 4.55. The van der Waals surface area contributed by atoms with E-state index in [0.717, 1.165) is 6.42 Å². The second-order valence-corrected chi connectivity index (χ2v) is 4.25. The van der Waals surface area contributed by atoms with Crippen LogP contribution in [-0.2, 0) is 4.74 Å². The van der Waals surface area contributed by atoms with Gasteiger partial charge in [-0.3, -0.25) is 0 Å². The van der Waals surface area contributed by atoms with Gasteiger partial charge in [-0.25, -0.2) is 0 Å². The summed E-state index contributed by atoms with van der Waals surface area (Å²) in [5.41, 5.74) is 5.85. The van der Waals surface area contributed by atoms with Gasteiger partial charge in [0.2, 0.25) is 0 Å². The zero-order chi connectivity index (χ0) is 9.19. The van der Waals surface area contributed by atoms with E-state index in [0.29, 0.717) is 19.1 Å². The van der Waals surface area contributed by atoms with Gasteiger partial charge in [0, 0.05) is 6.04 Å². The van der Waals surface area contributed by atoms with Crippen molar-refractivity contribution in [1.82, 2.24) is 0 Å². The third-order valence-corrected chi connectivity index (χ3v) is 2.61. The molecule has 0 amide bonds. The largest absolute Gasteiger partial charge is 0.396 e. The molecular formula is C9H19NO2. The maximum Gasteiger partial charge on any atom is 0.0582 e. The minimum atomic E-state index is -0.135. The standard InChI is InChI=1S/C9H19NO2/c1-7(2)3-8(10)9(4-11)5-12-6-9/h7-8,11H,3-6,10H2,1-2H3. The fourth-order valence-corrected chi connectivity index (χ4v) is 1.54. The van der Waals surface area contributed by atoms with Gasteiger partial charge in [0.15, 0.2) is 0 Å². The number of hydrogen-bond donors (Lipinski definition) is 2. The molecule has 12 heavy (non-hydrogen) atoms. The average molecular weight is 173 g/mol. The van der Waals surface area contributed by atoms with Crippen LogP contribution in [0.2, 0.25) is 0 Å². The molecular weight excluding hydrogens is 154 g/mol. The van der Waals surface area contributed by atoms with Crippen molar-refractivity contribution in [3.8, 4) is 0 Å². The van der Waals surface area contributed by atoms with Crippen LogP contribution in [0.1, 0.15) is 20.3 Å². The van der Waals surface area contributed by atoms with Gasteiger partial charge in [-0.15, -0.1) is 0 Å². The van der Waals surface area contributed by atoms with E-state index in [4.69, 9.17) is 15.6 Å². The molecule has 1 unspecified atom stereocenters. The summed E-state index contributed by atoms with van der Waals surface area (Å²) in [7, 11) is 0. The lowest BCUT2D eigenvalue weighted by Crippen LogP contribution is -2.57. The monoisotopic (exact) mass is 173 g/mol. The molecule has 1 rings (SSSR count). The molecule has 0 aromatic rings. The number of aliphatic hydroxyl groups is 1. The molecule has 3 nitrogen and oxygen atoms in total. The highest BCUT2D eigenvalue weighted by Crippen LogP contribution is 2.32. The summed E-state index contributed by atoms with van der Waals surface area (Å²) in [4.78, 5) is 0. The summed E-state index contributed by atoms with van der Waals surface area (Å²) in [6.45, 7) is 5.69. The Labute approximate surface area is 73.9 Å². The van der Waals surface area contributed by atoms with E-state index in [1.807, 2.05) is 0 Å². The Morgan fingerprint density at radius 2 is 2.08 bits per heavy atom. The smallest absolute Gasteiger partial charge is 0.0582 e.